The molecule has 2 rings (SSSR count). The van der Waals surface area contributed by atoms with Gasteiger partial charge in [0.1, 0.15) is 5.82 Å². The minimum atomic E-state index is 0. The Morgan fingerprint density at radius 3 is 2.72 bits per heavy atom. The first-order valence-electron chi connectivity index (χ1n) is 10.2. The number of benzene rings is 1. The SMILES string of the molecule is CCNC(=NCc1cccc(Cn2ccnc2C)c1)NCCCOCC(C)C.I. The van der Waals surface area contributed by atoms with Gasteiger partial charge in [-0.2, -0.15) is 0 Å². The van der Waals surface area contributed by atoms with Crippen LogP contribution in [0.4, 0.5) is 0 Å². The van der Waals surface area contributed by atoms with Crippen LogP contribution in [0.15, 0.2) is 41.7 Å². The van der Waals surface area contributed by atoms with Gasteiger partial charge >= 0.3 is 0 Å². The van der Waals surface area contributed by atoms with E-state index >= 15 is 0 Å². The molecule has 162 valence electrons. The number of ether oxygens (including phenoxy) is 1. The average molecular weight is 513 g/mol. The predicted octanol–water partition coefficient (Wildman–Crippen LogP) is 3.98. The van der Waals surface area contributed by atoms with Gasteiger partial charge in [-0.25, -0.2) is 9.98 Å². The Morgan fingerprint density at radius 2 is 2.03 bits per heavy atom. The molecule has 0 aliphatic carbocycles. The van der Waals surface area contributed by atoms with Crippen LogP contribution in [-0.4, -0.2) is 41.8 Å². The third-order valence-corrected chi connectivity index (χ3v) is 4.24. The van der Waals surface area contributed by atoms with Crippen LogP contribution >= 0.6 is 24.0 Å². The molecule has 6 nitrogen and oxygen atoms in total. The molecule has 0 atom stereocenters. The van der Waals surface area contributed by atoms with Crippen LogP contribution in [0, 0.1) is 12.8 Å². The molecule has 0 amide bonds. The van der Waals surface area contributed by atoms with Crippen molar-refractivity contribution < 1.29 is 4.74 Å². The fraction of sp³-hybridized carbons (Fsp3) is 0.545. The first-order chi connectivity index (χ1) is 13.6. The van der Waals surface area contributed by atoms with Gasteiger partial charge in [0.25, 0.3) is 0 Å². The summed E-state index contributed by atoms with van der Waals surface area (Å²) in [7, 11) is 0. The number of halogens is 1. The third kappa shape index (κ3) is 10.1. The van der Waals surface area contributed by atoms with Crippen LogP contribution in [0.25, 0.3) is 0 Å². The number of hydrogen-bond acceptors (Lipinski definition) is 3. The fourth-order valence-corrected chi connectivity index (χ4v) is 2.81. The highest BCUT2D eigenvalue weighted by atomic mass is 127. The van der Waals surface area contributed by atoms with Crippen molar-refractivity contribution >= 4 is 29.9 Å². The molecular weight excluding hydrogens is 477 g/mol. The Bertz CT molecular complexity index is 729. The van der Waals surface area contributed by atoms with Gasteiger partial charge in [-0.3, -0.25) is 0 Å². The summed E-state index contributed by atoms with van der Waals surface area (Å²) in [5.41, 5.74) is 2.46. The third-order valence-electron chi connectivity index (χ3n) is 4.24. The number of guanidine groups is 1. The van der Waals surface area contributed by atoms with Crippen LogP contribution in [-0.2, 0) is 17.8 Å². The normalized spacial score (nSPS) is 11.4. The molecule has 0 aliphatic rings. The van der Waals surface area contributed by atoms with Crippen LogP contribution in [0.1, 0.15) is 44.1 Å². The van der Waals surface area contributed by atoms with E-state index < -0.39 is 0 Å². The molecule has 0 saturated heterocycles. The lowest BCUT2D eigenvalue weighted by Crippen LogP contribution is -2.38. The van der Waals surface area contributed by atoms with Crippen molar-refractivity contribution in [3.63, 3.8) is 0 Å². The molecule has 0 unspecified atom stereocenters. The van der Waals surface area contributed by atoms with E-state index in [4.69, 9.17) is 9.73 Å². The zero-order valence-corrected chi connectivity index (χ0v) is 20.5. The van der Waals surface area contributed by atoms with Crippen molar-refractivity contribution in [2.24, 2.45) is 10.9 Å². The monoisotopic (exact) mass is 513 g/mol. The van der Waals surface area contributed by atoms with E-state index in [9.17, 15) is 0 Å². The lowest BCUT2D eigenvalue weighted by Gasteiger charge is -2.12. The summed E-state index contributed by atoms with van der Waals surface area (Å²) in [6.07, 6.45) is 4.82. The highest BCUT2D eigenvalue weighted by Gasteiger charge is 2.02. The number of nitrogens with zero attached hydrogens (tertiary/aromatic N) is 3. The fourth-order valence-electron chi connectivity index (χ4n) is 2.81. The van der Waals surface area contributed by atoms with Crippen LogP contribution in [0.3, 0.4) is 0 Å². The Hall–Kier alpha value is -1.61. The van der Waals surface area contributed by atoms with Gasteiger partial charge in [0.15, 0.2) is 5.96 Å². The molecular formula is C22H36IN5O. The van der Waals surface area contributed by atoms with E-state index in [2.05, 4.69) is 65.2 Å². The van der Waals surface area contributed by atoms with Crippen LogP contribution in [0.5, 0.6) is 0 Å². The number of aryl methyl sites for hydroxylation is 1. The second-order valence-corrected chi connectivity index (χ2v) is 7.37. The quantitative estimate of drug-likeness (QED) is 0.207. The maximum atomic E-state index is 5.62. The molecule has 2 N–H and O–H groups in total. The van der Waals surface area contributed by atoms with E-state index in [0.29, 0.717) is 12.5 Å². The molecule has 7 heteroatoms. The summed E-state index contributed by atoms with van der Waals surface area (Å²) in [6.45, 7) is 13.2. The van der Waals surface area contributed by atoms with E-state index in [1.807, 2.05) is 19.3 Å². The molecule has 0 spiro atoms. The zero-order chi connectivity index (χ0) is 20.2. The molecule has 29 heavy (non-hydrogen) atoms. The van der Waals surface area contributed by atoms with Crippen molar-refractivity contribution in [2.75, 3.05) is 26.3 Å². The van der Waals surface area contributed by atoms with Gasteiger partial charge in [0, 0.05) is 45.2 Å². The Kier molecular flexibility index (Phi) is 12.6. The van der Waals surface area contributed by atoms with Crippen molar-refractivity contribution in [3.05, 3.63) is 53.6 Å². The summed E-state index contributed by atoms with van der Waals surface area (Å²) in [6, 6.07) is 8.58. The second-order valence-electron chi connectivity index (χ2n) is 7.37. The highest BCUT2D eigenvalue weighted by molar-refractivity contribution is 14.0. The highest BCUT2D eigenvalue weighted by Crippen LogP contribution is 2.09. The maximum absolute atomic E-state index is 5.62. The van der Waals surface area contributed by atoms with Gasteiger partial charge in [0.05, 0.1) is 6.54 Å². The number of hydrogen-bond donors (Lipinski definition) is 2. The molecule has 0 aliphatic heterocycles. The molecule has 0 radical (unpaired) electrons. The Labute approximate surface area is 192 Å². The second kappa shape index (κ2) is 14.4. The smallest absolute Gasteiger partial charge is 0.191 e. The minimum absolute atomic E-state index is 0. The first-order valence-corrected chi connectivity index (χ1v) is 10.2. The Balaban J connectivity index is 0.00000420. The van der Waals surface area contributed by atoms with Gasteiger partial charge in [-0.15, -0.1) is 24.0 Å². The van der Waals surface area contributed by atoms with E-state index in [0.717, 1.165) is 51.1 Å². The molecule has 2 aromatic rings. The summed E-state index contributed by atoms with van der Waals surface area (Å²) in [5.74, 6) is 2.46. The number of aliphatic imine (C=N–C) groups is 1. The molecule has 1 aromatic heterocycles. The lowest BCUT2D eigenvalue weighted by atomic mass is 10.1. The van der Waals surface area contributed by atoms with E-state index in [1.165, 1.54) is 11.1 Å². The lowest BCUT2D eigenvalue weighted by molar-refractivity contribution is 0.108. The average Bonchev–Trinajstić information content (AvgIpc) is 3.07. The number of aromatic nitrogens is 2. The summed E-state index contributed by atoms with van der Waals surface area (Å²) in [4.78, 5) is 9.01. The van der Waals surface area contributed by atoms with Crippen LogP contribution in [0.2, 0.25) is 0 Å². The van der Waals surface area contributed by atoms with Crippen molar-refractivity contribution in [3.8, 4) is 0 Å². The maximum Gasteiger partial charge on any atom is 0.191 e. The summed E-state index contributed by atoms with van der Waals surface area (Å²) >= 11 is 0. The van der Waals surface area contributed by atoms with Gasteiger partial charge in [-0.1, -0.05) is 38.1 Å². The van der Waals surface area contributed by atoms with E-state index in [-0.39, 0.29) is 24.0 Å². The standard InChI is InChI=1S/C22H35N5O.HI/c1-5-23-22(25-10-7-13-28-17-18(2)3)26-15-20-8-6-9-21(14-20)16-27-12-11-24-19(27)4;/h6,8-9,11-12,14,18H,5,7,10,13,15-17H2,1-4H3,(H2,23,25,26);1H. The minimum Gasteiger partial charge on any atom is -0.381 e. The van der Waals surface area contributed by atoms with Gasteiger partial charge in [0.2, 0.25) is 0 Å². The number of imidazole rings is 1. The predicted molar refractivity (Wildman–Crippen MR) is 131 cm³/mol. The van der Waals surface area contributed by atoms with Gasteiger partial charge < -0.3 is 19.9 Å². The molecule has 0 bridgehead atoms. The Morgan fingerprint density at radius 1 is 1.24 bits per heavy atom. The number of rotatable bonds is 11. The topological polar surface area (TPSA) is 63.5 Å². The first kappa shape index (κ1) is 25.4. The van der Waals surface area contributed by atoms with Crippen molar-refractivity contribution in [1.82, 2.24) is 20.2 Å². The zero-order valence-electron chi connectivity index (χ0n) is 18.1. The van der Waals surface area contributed by atoms with Gasteiger partial charge in [-0.05, 0) is 37.3 Å². The van der Waals surface area contributed by atoms with E-state index in [1.54, 1.807) is 0 Å². The van der Waals surface area contributed by atoms with Crippen molar-refractivity contribution in [1.29, 1.82) is 0 Å². The molecule has 1 heterocycles. The molecule has 0 saturated carbocycles. The number of nitrogens with one attached hydrogen (secondary N) is 2. The largest absolute Gasteiger partial charge is 0.381 e. The molecule has 0 fully saturated rings. The molecule has 1 aromatic carbocycles. The summed E-state index contributed by atoms with van der Waals surface area (Å²) < 4.78 is 7.77. The summed E-state index contributed by atoms with van der Waals surface area (Å²) in [5, 5.41) is 6.69. The van der Waals surface area contributed by atoms with Crippen LogP contribution < -0.4 is 10.6 Å². The van der Waals surface area contributed by atoms with Crippen molar-refractivity contribution in [2.45, 2.75) is 47.2 Å².